The van der Waals surface area contributed by atoms with Crippen molar-refractivity contribution < 1.29 is 14.1 Å². The number of rotatable bonds is 8. The summed E-state index contributed by atoms with van der Waals surface area (Å²) in [5.74, 6) is 0.958. The third-order valence-electron chi connectivity index (χ3n) is 5.90. The Morgan fingerprint density at radius 3 is 2.75 bits per heavy atom. The van der Waals surface area contributed by atoms with E-state index in [-0.39, 0.29) is 11.6 Å². The molecule has 0 radical (unpaired) electrons. The van der Waals surface area contributed by atoms with Gasteiger partial charge in [0, 0.05) is 44.8 Å². The van der Waals surface area contributed by atoms with E-state index < -0.39 is 0 Å². The van der Waals surface area contributed by atoms with Crippen molar-refractivity contribution in [1.29, 1.82) is 0 Å². The molecule has 2 heterocycles. The summed E-state index contributed by atoms with van der Waals surface area (Å²) in [6.07, 6.45) is 0.871. The number of nitrogens with one attached hydrogen (secondary N) is 1. The van der Waals surface area contributed by atoms with Crippen molar-refractivity contribution in [3.8, 4) is 17.1 Å². The van der Waals surface area contributed by atoms with Gasteiger partial charge in [0.15, 0.2) is 11.5 Å². The average Bonchev–Trinajstić information content (AvgIpc) is 3.33. The van der Waals surface area contributed by atoms with Crippen LogP contribution in [0.25, 0.3) is 11.3 Å². The number of carbonyl (C=O) groups excluding carboxylic acids is 1. The van der Waals surface area contributed by atoms with Gasteiger partial charge in [0.05, 0.1) is 12.7 Å². The molecular weight excluding hydrogens is 404 g/mol. The summed E-state index contributed by atoms with van der Waals surface area (Å²) in [5, 5.41) is 6.90. The lowest BCUT2D eigenvalue weighted by Gasteiger charge is -2.40. The minimum atomic E-state index is -0.229. The van der Waals surface area contributed by atoms with Crippen LogP contribution in [0.5, 0.6) is 5.75 Å². The largest absolute Gasteiger partial charge is 0.496 e. The third kappa shape index (κ3) is 5.18. The fraction of sp³-hybridized carbons (Fsp3) is 0.360. The van der Waals surface area contributed by atoms with Crippen LogP contribution < -0.4 is 10.1 Å². The number of methoxy groups -OCH3 is 1. The number of benzene rings is 2. The van der Waals surface area contributed by atoms with Crippen molar-refractivity contribution in [2.24, 2.45) is 0 Å². The highest BCUT2D eigenvalue weighted by atomic mass is 16.5. The Labute approximate surface area is 188 Å². The Morgan fingerprint density at radius 2 is 1.94 bits per heavy atom. The van der Waals surface area contributed by atoms with E-state index in [0.717, 1.165) is 38.2 Å². The molecule has 1 aromatic heterocycles. The van der Waals surface area contributed by atoms with Crippen LogP contribution in [-0.4, -0.2) is 67.7 Å². The number of aromatic nitrogens is 1. The second kappa shape index (κ2) is 10.4. The van der Waals surface area contributed by atoms with E-state index in [1.54, 1.807) is 13.2 Å². The second-order valence-electron chi connectivity index (χ2n) is 8.11. The zero-order chi connectivity index (χ0) is 22.3. The molecule has 3 aromatic rings. The topological polar surface area (TPSA) is 70.8 Å². The zero-order valence-electron chi connectivity index (χ0n) is 18.7. The van der Waals surface area contributed by atoms with Gasteiger partial charge in [0.25, 0.3) is 5.91 Å². The van der Waals surface area contributed by atoms with Gasteiger partial charge in [-0.25, -0.2) is 0 Å². The molecule has 0 aliphatic carbocycles. The second-order valence-corrected chi connectivity index (χ2v) is 8.11. The molecule has 32 heavy (non-hydrogen) atoms. The van der Waals surface area contributed by atoms with Crippen LogP contribution in [0.1, 0.15) is 28.5 Å². The Kier molecular flexibility index (Phi) is 7.19. The highest BCUT2D eigenvalue weighted by Crippen LogP contribution is 2.30. The molecule has 1 saturated heterocycles. The highest BCUT2D eigenvalue weighted by molar-refractivity contribution is 5.93. The minimum Gasteiger partial charge on any atom is -0.496 e. The Morgan fingerprint density at radius 1 is 1.16 bits per heavy atom. The number of ether oxygens (including phenoxy) is 1. The molecule has 1 aliphatic rings. The Balaban J connectivity index is 1.30. The number of likely N-dealkylation sites (N-methyl/N-ethyl adjacent to an activating group) is 1. The van der Waals surface area contributed by atoms with Crippen LogP contribution in [-0.2, 0) is 0 Å². The zero-order valence-corrected chi connectivity index (χ0v) is 18.7. The molecule has 1 aliphatic heterocycles. The van der Waals surface area contributed by atoms with Crippen molar-refractivity contribution in [1.82, 2.24) is 20.3 Å². The maximum atomic E-state index is 12.5. The van der Waals surface area contributed by atoms with Gasteiger partial charge in [-0.2, -0.15) is 0 Å². The van der Waals surface area contributed by atoms with Crippen LogP contribution in [0.15, 0.2) is 65.2 Å². The first-order valence-corrected chi connectivity index (χ1v) is 11.0. The molecule has 0 saturated carbocycles. The summed E-state index contributed by atoms with van der Waals surface area (Å²) in [4.78, 5) is 17.4. The lowest BCUT2D eigenvalue weighted by atomic mass is 10.0. The fourth-order valence-electron chi connectivity index (χ4n) is 4.15. The summed E-state index contributed by atoms with van der Waals surface area (Å²) in [6.45, 7) is 4.61. The van der Waals surface area contributed by atoms with E-state index in [9.17, 15) is 4.79 Å². The van der Waals surface area contributed by atoms with Gasteiger partial charge in [0.2, 0.25) is 0 Å². The van der Waals surface area contributed by atoms with Crippen molar-refractivity contribution in [2.75, 3.05) is 46.9 Å². The lowest BCUT2D eigenvalue weighted by Crippen LogP contribution is -2.47. The third-order valence-corrected chi connectivity index (χ3v) is 5.90. The molecule has 0 spiro atoms. The van der Waals surface area contributed by atoms with Crippen LogP contribution in [0.2, 0.25) is 0 Å². The first-order valence-electron chi connectivity index (χ1n) is 11.0. The van der Waals surface area contributed by atoms with Gasteiger partial charge in [-0.15, -0.1) is 0 Å². The minimum absolute atomic E-state index is 0.229. The van der Waals surface area contributed by atoms with E-state index in [1.807, 2.05) is 24.3 Å². The summed E-state index contributed by atoms with van der Waals surface area (Å²) < 4.78 is 10.7. The monoisotopic (exact) mass is 434 g/mol. The van der Waals surface area contributed by atoms with Crippen molar-refractivity contribution in [3.63, 3.8) is 0 Å². The molecule has 7 nitrogen and oxygen atoms in total. The summed E-state index contributed by atoms with van der Waals surface area (Å²) in [6, 6.07) is 20.2. The summed E-state index contributed by atoms with van der Waals surface area (Å²) in [5.41, 5.74) is 2.38. The first kappa shape index (κ1) is 22.0. The number of para-hydroxylation sites is 1. The van der Waals surface area contributed by atoms with Crippen LogP contribution in [0.4, 0.5) is 0 Å². The predicted octanol–water partition coefficient (Wildman–Crippen LogP) is 3.46. The first-order chi connectivity index (χ1) is 15.7. The van der Waals surface area contributed by atoms with Crippen LogP contribution in [0.3, 0.4) is 0 Å². The van der Waals surface area contributed by atoms with Crippen LogP contribution >= 0.6 is 0 Å². The number of piperazine rings is 1. The summed E-state index contributed by atoms with van der Waals surface area (Å²) in [7, 11) is 3.77. The van der Waals surface area contributed by atoms with E-state index >= 15 is 0 Å². The molecule has 4 rings (SSSR count). The quantitative estimate of drug-likeness (QED) is 0.548. The Hall–Kier alpha value is -3.16. The smallest absolute Gasteiger partial charge is 0.273 e. The van der Waals surface area contributed by atoms with Gasteiger partial charge in [-0.05, 0) is 31.2 Å². The predicted molar refractivity (Wildman–Crippen MR) is 124 cm³/mol. The number of carbonyl (C=O) groups is 1. The molecular formula is C25H30N4O3. The number of nitrogens with zero attached hydrogens (tertiary/aromatic N) is 3. The molecule has 1 atom stereocenters. The normalized spacial score (nSPS) is 17.2. The van der Waals surface area contributed by atoms with Gasteiger partial charge >= 0.3 is 0 Å². The van der Waals surface area contributed by atoms with Gasteiger partial charge in [0.1, 0.15) is 5.75 Å². The van der Waals surface area contributed by atoms with E-state index in [1.165, 1.54) is 5.56 Å². The van der Waals surface area contributed by atoms with Crippen molar-refractivity contribution in [2.45, 2.75) is 12.5 Å². The van der Waals surface area contributed by atoms with Gasteiger partial charge in [-0.1, -0.05) is 47.6 Å². The van der Waals surface area contributed by atoms with Crippen LogP contribution in [0, 0.1) is 0 Å². The maximum Gasteiger partial charge on any atom is 0.273 e. The number of hydrogen-bond donors (Lipinski definition) is 1. The molecule has 1 fully saturated rings. The van der Waals surface area contributed by atoms with Crippen molar-refractivity contribution in [3.05, 3.63) is 71.9 Å². The molecule has 0 unspecified atom stereocenters. The number of amides is 1. The van der Waals surface area contributed by atoms with E-state index in [0.29, 0.717) is 24.1 Å². The molecule has 2 aromatic carbocycles. The average molecular weight is 435 g/mol. The maximum absolute atomic E-state index is 12.5. The standard InChI is InChI=1S/C25H30N4O3/c1-28-15-16-29(22(18-28)19-9-4-3-5-10-19)14-8-13-26-25(30)21-17-24(32-27-21)20-11-6-7-12-23(20)31-2/h3-7,9-12,17,22H,8,13-16,18H2,1-2H3,(H,26,30)/t22-/m1/s1. The Bertz CT molecular complexity index is 1020. The fourth-order valence-corrected chi connectivity index (χ4v) is 4.15. The van der Waals surface area contributed by atoms with Crippen molar-refractivity contribution >= 4 is 5.91 Å². The molecule has 168 valence electrons. The summed E-state index contributed by atoms with van der Waals surface area (Å²) >= 11 is 0. The molecule has 1 N–H and O–H groups in total. The lowest BCUT2D eigenvalue weighted by molar-refractivity contribution is 0.0863. The SMILES string of the molecule is COc1ccccc1-c1cc(C(=O)NCCCN2CCN(C)C[C@@H]2c2ccccc2)no1. The highest BCUT2D eigenvalue weighted by Gasteiger charge is 2.26. The molecule has 1 amide bonds. The van der Waals surface area contributed by atoms with E-state index in [2.05, 4.69) is 57.7 Å². The van der Waals surface area contributed by atoms with Gasteiger partial charge < -0.3 is 19.5 Å². The molecule has 0 bridgehead atoms. The van der Waals surface area contributed by atoms with Gasteiger partial charge in [-0.3, -0.25) is 9.69 Å². The molecule has 7 heteroatoms. The van der Waals surface area contributed by atoms with E-state index in [4.69, 9.17) is 9.26 Å². The number of hydrogen-bond acceptors (Lipinski definition) is 6.